The second-order valence-electron chi connectivity index (χ2n) is 9.54. The quantitative estimate of drug-likeness (QED) is 0.512. The first-order valence-corrected chi connectivity index (χ1v) is 12.6. The molecule has 186 valence electrons. The summed E-state index contributed by atoms with van der Waals surface area (Å²) < 4.78 is 5.65. The van der Waals surface area contributed by atoms with Crippen LogP contribution in [0.2, 0.25) is 0 Å². The van der Waals surface area contributed by atoms with Crippen molar-refractivity contribution in [1.29, 1.82) is 0 Å². The van der Waals surface area contributed by atoms with E-state index >= 15 is 0 Å². The molecule has 1 heterocycles. The molecule has 0 aromatic heterocycles. The first-order valence-electron chi connectivity index (χ1n) is 12.6. The van der Waals surface area contributed by atoms with Crippen molar-refractivity contribution in [2.75, 3.05) is 19.7 Å². The summed E-state index contributed by atoms with van der Waals surface area (Å²) in [5, 5.41) is 11.8. The molecule has 2 aliphatic rings. The van der Waals surface area contributed by atoms with Crippen molar-refractivity contribution in [3.63, 3.8) is 0 Å². The van der Waals surface area contributed by atoms with E-state index in [0.29, 0.717) is 38.8 Å². The van der Waals surface area contributed by atoms with E-state index in [2.05, 4.69) is 29.6 Å². The molecular formula is C28H34N2O5. The van der Waals surface area contributed by atoms with Gasteiger partial charge < -0.3 is 20.1 Å². The van der Waals surface area contributed by atoms with Crippen LogP contribution in [0.5, 0.6) is 0 Å². The van der Waals surface area contributed by atoms with E-state index in [1.807, 2.05) is 36.1 Å². The lowest BCUT2D eigenvalue weighted by Gasteiger charge is -2.21. The van der Waals surface area contributed by atoms with E-state index in [0.717, 1.165) is 6.42 Å². The Hall–Kier alpha value is -3.35. The molecule has 7 heteroatoms. The van der Waals surface area contributed by atoms with Crippen LogP contribution in [-0.4, -0.2) is 53.7 Å². The van der Waals surface area contributed by atoms with Gasteiger partial charge >= 0.3 is 12.1 Å². The lowest BCUT2D eigenvalue weighted by molar-refractivity contribution is -0.137. The van der Waals surface area contributed by atoms with Gasteiger partial charge in [0, 0.05) is 37.9 Å². The van der Waals surface area contributed by atoms with Crippen LogP contribution in [-0.2, 0) is 14.3 Å². The van der Waals surface area contributed by atoms with Gasteiger partial charge in [-0.3, -0.25) is 9.59 Å². The molecule has 2 unspecified atom stereocenters. The standard InChI is InChI=1S/C28H34N2O5/c1-2-20(12-13-26(31)30-16-15-19(17-30)11-14-27(32)33)29-28(34)35-18-25-23-9-5-3-7-21(23)22-8-4-6-10-24(22)25/h3-10,19-20,25H,2,11-18H2,1H3,(H,29,34)(H,32,33). The van der Waals surface area contributed by atoms with Crippen molar-refractivity contribution in [1.82, 2.24) is 10.2 Å². The Morgan fingerprint density at radius 2 is 1.71 bits per heavy atom. The Morgan fingerprint density at radius 3 is 2.34 bits per heavy atom. The third kappa shape index (κ3) is 6.02. The number of hydrogen-bond acceptors (Lipinski definition) is 4. The Morgan fingerprint density at radius 1 is 1.06 bits per heavy atom. The van der Waals surface area contributed by atoms with E-state index in [1.165, 1.54) is 22.3 Å². The highest BCUT2D eigenvalue weighted by Crippen LogP contribution is 2.44. The molecule has 35 heavy (non-hydrogen) atoms. The van der Waals surface area contributed by atoms with Gasteiger partial charge in [0.05, 0.1) is 0 Å². The number of alkyl carbamates (subject to hydrolysis) is 1. The van der Waals surface area contributed by atoms with Crippen molar-refractivity contribution in [3.05, 3.63) is 59.7 Å². The van der Waals surface area contributed by atoms with Crippen LogP contribution in [0.3, 0.4) is 0 Å². The summed E-state index contributed by atoms with van der Waals surface area (Å²) >= 11 is 0. The van der Waals surface area contributed by atoms with Crippen LogP contribution in [0.25, 0.3) is 11.1 Å². The van der Waals surface area contributed by atoms with Gasteiger partial charge in [-0.2, -0.15) is 0 Å². The molecule has 1 saturated heterocycles. The van der Waals surface area contributed by atoms with Crippen molar-refractivity contribution >= 4 is 18.0 Å². The second-order valence-corrected chi connectivity index (χ2v) is 9.54. The number of carbonyl (C=O) groups is 3. The number of nitrogens with zero attached hydrogens (tertiary/aromatic N) is 1. The Labute approximate surface area is 206 Å². The number of carboxylic acids is 1. The first-order chi connectivity index (χ1) is 17.0. The minimum atomic E-state index is -0.792. The van der Waals surface area contributed by atoms with Gasteiger partial charge in [0.25, 0.3) is 0 Å². The normalized spacial score (nSPS) is 17.5. The highest BCUT2D eigenvalue weighted by molar-refractivity contribution is 5.79. The number of benzene rings is 2. The van der Waals surface area contributed by atoms with Gasteiger partial charge in [-0.05, 0) is 53.9 Å². The number of amides is 2. The molecule has 7 nitrogen and oxygen atoms in total. The van der Waals surface area contributed by atoms with E-state index in [4.69, 9.17) is 9.84 Å². The summed E-state index contributed by atoms with van der Waals surface area (Å²) in [5.41, 5.74) is 4.72. The van der Waals surface area contributed by atoms with Crippen molar-refractivity contribution in [2.45, 2.75) is 57.4 Å². The van der Waals surface area contributed by atoms with Gasteiger partial charge in [-0.15, -0.1) is 0 Å². The summed E-state index contributed by atoms with van der Waals surface area (Å²) in [7, 11) is 0. The van der Waals surface area contributed by atoms with Gasteiger partial charge in [0.15, 0.2) is 0 Å². The van der Waals surface area contributed by atoms with Gasteiger partial charge in [0.2, 0.25) is 5.91 Å². The molecule has 0 saturated carbocycles. The predicted molar refractivity (Wildman–Crippen MR) is 133 cm³/mol. The molecule has 2 amide bonds. The summed E-state index contributed by atoms with van der Waals surface area (Å²) in [6.45, 7) is 3.56. The van der Waals surface area contributed by atoms with Crippen LogP contribution in [0, 0.1) is 5.92 Å². The fourth-order valence-electron chi connectivity index (χ4n) is 5.26. The number of rotatable bonds is 10. The first kappa shape index (κ1) is 24.8. The largest absolute Gasteiger partial charge is 0.481 e. The summed E-state index contributed by atoms with van der Waals surface area (Å²) in [4.78, 5) is 37.8. The molecule has 0 spiro atoms. The lowest BCUT2D eigenvalue weighted by Crippen LogP contribution is -2.37. The molecule has 2 N–H and O–H groups in total. The second kappa shape index (κ2) is 11.4. The minimum Gasteiger partial charge on any atom is -0.481 e. The van der Waals surface area contributed by atoms with Crippen molar-refractivity contribution < 1.29 is 24.2 Å². The summed E-state index contributed by atoms with van der Waals surface area (Å²) in [5.74, 6) is -0.453. The van der Waals surface area contributed by atoms with Gasteiger partial charge in [-0.1, -0.05) is 55.5 Å². The van der Waals surface area contributed by atoms with Crippen molar-refractivity contribution in [2.24, 2.45) is 5.92 Å². The number of nitrogens with one attached hydrogen (secondary N) is 1. The summed E-state index contributed by atoms with van der Waals surface area (Å²) in [6, 6.07) is 16.3. The van der Waals surface area contributed by atoms with Crippen molar-refractivity contribution in [3.8, 4) is 11.1 Å². The maximum atomic E-state index is 12.6. The molecule has 0 radical (unpaired) electrons. The summed E-state index contributed by atoms with van der Waals surface area (Å²) in [6.07, 6.45) is 2.77. The topological polar surface area (TPSA) is 95.9 Å². The highest BCUT2D eigenvalue weighted by atomic mass is 16.5. The zero-order valence-electron chi connectivity index (χ0n) is 20.2. The molecule has 4 rings (SSSR count). The maximum Gasteiger partial charge on any atom is 0.407 e. The minimum absolute atomic E-state index is 0.0130. The van der Waals surface area contributed by atoms with E-state index < -0.39 is 12.1 Å². The number of likely N-dealkylation sites (tertiary alicyclic amines) is 1. The number of aliphatic carboxylic acids is 1. The number of ether oxygens (including phenoxy) is 1. The van der Waals surface area contributed by atoms with Gasteiger partial charge in [-0.25, -0.2) is 4.79 Å². The number of fused-ring (bicyclic) bond motifs is 3. The molecule has 1 fully saturated rings. The third-order valence-corrected chi connectivity index (χ3v) is 7.27. The zero-order valence-corrected chi connectivity index (χ0v) is 20.2. The number of carboxylic acid groups (broad SMARTS) is 1. The fraction of sp³-hybridized carbons (Fsp3) is 0.464. The fourth-order valence-corrected chi connectivity index (χ4v) is 5.26. The zero-order chi connectivity index (χ0) is 24.8. The molecule has 0 bridgehead atoms. The van der Waals surface area contributed by atoms with Crippen LogP contribution in [0.1, 0.15) is 62.5 Å². The smallest absolute Gasteiger partial charge is 0.407 e. The Balaban J connectivity index is 1.24. The van der Waals surface area contributed by atoms with E-state index in [9.17, 15) is 14.4 Å². The van der Waals surface area contributed by atoms with Crippen LogP contribution >= 0.6 is 0 Å². The van der Waals surface area contributed by atoms with Crippen LogP contribution < -0.4 is 5.32 Å². The average Bonchev–Trinajstić information content (AvgIpc) is 3.47. The Bertz CT molecular complexity index is 1020. The monoisotopic (exact) mass is 478 g/mol. The van der Waals surface area contributed by atoms with Gasteiger partial charge in [0.1, 0.15) is 6.61 Å². The SMILES string of the molecule is CCC(CCC(=O)N1CCC(CCC(=O)O)C1)NC(=O)OCC1c2ccccc2-c2ccccc21. The molecule has 2 atom stereocenters. The molecule has 2 aromatic carbocycles. The van der Waals surface area contributed by atoms with Crippen LogP contribution in [0.4, 0.5) is 4.79 Å². The molecule has 1 aliphatic heterocycles. The average molecular weight is 479 g/mol. The predicted octanol–water partition coefficient (Wildman–Crippen LogP) is 4.80. The Kier molecular flexibility index (Phi) is 8.06. The molecule has 2 aromatic rings. The highest BCUT2D eigenvalue weighted by Gasteiger charge is 2.30. The van der Waals surface area contributed by atoms with E-state index in [1.54, 1.807) is 0 Å². The maximum absolute atomic E-state index is 12.6. The van der Waals surface area contributed by atoms with Crippen LogP contribution in [0.15, 0.2) is 48.5 Å². The number of hydrogen-bond donors (Lipinski definition) is 2. The number of carbonyl (C=O) groups excluding carboxylic acids is 2. The molecular weight excluding hydrogens is 444 g/mol. The van der Waals surface area contributed by atoms with E-state index in [-0.39, 0.29) is 36.8 Å². The molecule has 1 aliphatic carbocycles. The third-order valence-electron chi connectivity index (χ3n) is 7.27. The lowest BCUT2D eigenvalue weighted by atomic mass is 9.98.